The topological polar surface area (TPSA) is 59.1 Å². The predicted octanol–water partition coefficient (Wildman–Crippen LogP) is 2.42. The van der Waals surface area contributed by atoms with Gasteiger partial charge in [-0.05, 0) is 32.8 Å². The molecular weight excluding hydrogens is 320 g/mol. The Bertz CT molecular complexity index is 641. The minimum Gasteiger partial charge on any atom is -0.467 e. The minimum absolute atomic E-state index is 0.0288. The van der Waals surface area contributed by atoms with Crippen LogP contribution >= 0.6 is 0 Å². The van der Waals surface area contributed by atoms with E-state index in [-0.39, 0.29) is 18.1 Å². The van der Waals surface area contributed by atoms with Crippen molar-refractivity contribution in [2.45, 2.75) is 57.5 Å². The van der Waals surface area contributed by atoms with Crippen LogP contribution in [0, 0.1) is 0 Å². The van der Waals surface area contributed by atoms with Crippen LogP contribution in [-0.2, 0) is 20.8 Å². The molecule has 2 aliphatic heterocycles. The van der Waals surface area contributed by atoms with Gasteiger partial charge in [0.05, 0.1) is 7.11 Å². The lowest BCUT2D eigenvalue weighted by atomic mass is 9.81. The fourth-order valence-electron chi connectivity index (χ4n) is 3.67. The Kier molecular flexibility index (Phi) is 4.73. The van der Waals surface area contributed by atoms with Gasteiger partial charge in [0.2, 0.25) is 0 Å². The van der Waals surface area contributed by atoms with Crippen molar-refractivity contribution in [3.8, 4) is 0 Å². The van der Waals surface area contributed by atoms with Crippen molar-refractivity contribution in [2.24, 2.45) is 0 Å². The van der Waals surface area contributed by atoms with Gasteiger partial charge in [0.25, 0.3) is 0 Å². The number of ether oxygens (including phenoxy) is 2. The van der Waals surface area contributed by atoms with Crippen molar-refractivity contribution in [3.63, 3.8) is 0 Å². The normalized spacial score (nSPS) is 25.9. The number of hydrogen-bond acceptors (Lipinski definition) is 5. The molecular formula is C19H26N2O4. The first kappa shape index (κ1) is 17.7. The summed E-state index contributed by atoms with van der Waals surface area (Å²) in [5, 5.41) is 0. The van der Waals surface area contributed by atoms with Crippen LogP contribution in [0.2, 0.25) is 0 Å². The van der Waals surface area contributed by atoms with E-state index in [4.69, 9.17) is 9.47 Å². The van der Waals surface area contributed by atoms with Gasteiger partial charge in [-0.1, -0.05) is 30.3 Å². The Morgan fingerprint density at radius 2 is 1.88 bits per heavy atom. The highest BCUT2D eigenvalue weighted by atomic mass is 16.6. The number of carbonyl (C=O) groups excluding carboxylic acids is 2. The third-order valence-electron chi connectivity index (χ3n) is 4.79. The summed E-state index contributed by atoms with van der Waals surface area (Å²) in [6.45, 7) is 6.73. The highest BCUT2D eigenvalue weighted by Crippen LogP contribution is 2.38. The largest absolute Gasteiger partial charge is 0.467 e. The molecule has 0 radical (unpaired) electrons. The predicted molar refractivity (Wildman–Crippen MR) is 92.9 cm³/mol. The first-order valence-electron chi connectivity index (χ1n) is 8.67. The van der Waals surface area contributed by atoms with Crippen LogP contribution in [0.3, 0.4) is 0 Å². The molecule has 0 spiro atoms. The van der Waals surface area contributed by atoms with E-state index in [9.17, 15) is 9.59 Å². The zero-order chi connectivity index (χ0) is 18.2. The molecule has 136 valence electrons. The maximum Gasteiger partial charge on any atom is 0.411 e. The maximum absolute atomic E-state index is 12.6. The number of fused-ring (bicyclic) bond motifs is 2. The number of methoxy groups -OCH3 is 1. The van der Waals surface area contributed by atoms with Crippen molar-refractivity contribution >= 4 is 12.1 Å². The third-order valence-corrected chi connectivity index (χ3v) is 4.79. The molecule has 3 rings (SSSR count). The van der Waals surface area contributed by atoms with E-state index >= 15 is 0 Å². The molecule has 1 amide bonds. The second kappa shape index (κ2) is 6.67. The monoisotopic (exact) mass is 346 g/mol. The SMILES string of the molecule is COC(=O)C1[C@H]2C[C@H](CN1C(=O)OC(C)(C)C)N2Cc1ccccc1. The Balaban J connectivity index is 1.77. The molecule has 0 saturated carbocycles. The average Bonchev–Trinajstić information content (AvgIpc) is 2.57. The number of likely N-dealkylation sites (tertiary alicyclic amines) is 2. The fourth-order valence-corrected chi connectivity index (χ4v) is 3.67. The highest BCUT2D eigenvalue weighted by Gasteiger charge is 2.55. The molecule has 3 atom stereocenters. The van der Waals surface area contributed by atoms with Gasteiger partial charge >= 0.3 is 12.1 Å². The number of rotatable bonds is 3. The van der Waals surface area contributed by atoms with Crippen LogP contribution in [0.15, 0.2) is 30.3 Å². The second-order valence-electron chi connectivity index (χ2n) is 7.72. The lowest BCUT2D eigenvalue weighted by Gasteiger charge is -2.59. The molecule has 2 aliphatic rings. The smallest absolute Gasteiger partial charge is 0.411 e. The van der Waals surface area contributed by atoms with Crippen LogP contribution in [0.1, 0.15) is 32.8 Å². The summed E-state index contributed by atoms with van der Waals surface area (Å²) < 4.78 is 10.5. The maximum atomic E-state index is 12.6. The van der Waals surface area contributed by atoms with Crippen LogP contribution in [0.5, 0.6) is 0 Å². The van der Waals surface area contributed by atoms with E-state index in [0.29, 0.717) is 6.54 Å². The van der Waals surface area contributed by atoms with E-state index in [1.165, 1.54) is 17.6 Å². The third kappa shape index (κ3) is 3.63. The fraction of sp³-hybridized carbons (Fsp3) is 0.579. The van der Waals surface area contributed by atoms with Gasteiger partial charge in [0, 0.05) is 25.2 Å². The minimum atomic E-state index is -0.617. The zero-order valence-electron chi connectivity index (χ0n) is 15.3. The molecule has 1 unspecified atom stereocenters. The van der Waals surface area contributed by atoms with E-state index < -0.39 is 17.7 Å². The van der Waals surface area contributed by atoms with Gasteiger partial charge in [0.15, 0.2) is 0 Å². The summed E-state index contributed by atoms with van der Waals surface area (Å²) in [5.74, 6) is -0.382. The first-order valence-corrected chi connectivity index (χ1v) is 8.67. The van der Waals surface area contributed by atoms with E-state index in [1.807, 2.05) is 39.0 Å². The van der Waals surface area contributed by atoms with Gasteiger partial charge in [-0.3, -0.25) is 9.80 Å². The van der Waals surface area contributed by atoms with Crippen molar-refractivity contribution < 1.29 is 19.1 Å². The Morgan fingerprint density at radius 1 is 1.20 bits per heavy atom. The quantitative estimate of drug-likeness (QED) is 0.787. The molecule has 6 heteroatoms. The number of esters is 1. The van der Waals surface area contributed by atoms with Crippen molar-refractivity contribution in [1.82, 2.24) is 9.80 Å². The van der Waals surface area contributed by atoms with E-state index in [1.54, 1.807) is 0 Å². The summed E-state index contributed by atoms with van der Waals surface area (Å²) in [6, 6.07) is 9.76. The number of benzene rings is 1. The Hall–Kier alpha value is -2.08. The van der Waals surface area contributed by atoms with Gasteiger partial charge in [-0.15, -0.1) is 0 Å². The second-order valence-corrected chi connectivity index (χ2v) is 7.72. The summed E-state index contributed by atoms with van der Waals surface area (Å²) in [6.07, 6.45) is 0.447. The van der Waals surface area contributed by atoms with Crippen molar-refractivity contribution in [1.29, 1.82) is 0 Å². The van der Waals surface area contributed by atoms with Crippen molar-refractivity contribution in [3.05, 3.63) is 35.9 Å². The molecule has 6 nitrogen and oxygen atoms in total. The number of nitrogens with zero attached hydrogens (tertiary/aromatic N) is 2. The molecule has 1 aromatic carbocycles. The van der Waals surface area contributed by atoms with Crippen LogP contribution in [0.4, 0.5) is 4.79 Å². The van der Waals surface area contributed by atoms with Crippen LogP contribution in [0.25, 0.3) is 0 Å². The van der Waals surface area contributed by atoms with E-state index in [0.717, 1.165) is 13.0 Å². The molecule has 1 aromatic rings. The number of piperidine rings is 1. The van der Waals surface area contributed by atoms with Gasteiger partial charge in [0.1, 0.15) is 11.6 Å². The lowest BCUT2D eigenvalue weighted by molar-refractivity contribution is -0.167. The summed E-state index contributed by atoms with van der Waals surface area (Å²) in [7, 11) is 1.36. The average molecular weight is 346 g/mol. The molecule has 25 heavy (non-hydrogen) atoms. The highest BCUT2D eigenvalue weighted by molar-refractivity contribution is 5.83. The summed E-state index contributed by atoms with van der Waals surface area (Å²) in [5.41, 5.74) is 0.606. The standard InChI is InChI=1S/C19H26N2O4/c1-19(2,3)25-18(23)21-12-14-10-15(16(21)17(22)24-4)20(14)11-13-8-6-5-7-9-13/h5-9,14-16H,10-12H2,1-4H3/t14-,15-,16?/m1/s1. The number of carbonyl (C=O) groups is 2. The molecule has 0 N–H and O–H groups in total. The number of amides is 1. The van der Waals surface area contributed by atoms with Crippen LogP contribution < -0.4 is 0 Å². The number of hydrogen-bond donors (Lipinski definition) is 0. The van der Waals surface area contributed by atoms with E-state index in [2.05, 4.69) is 17.0 Å². The molecule has 0 aromatic heterocycles. The summed E-state index contributed by atoms with van der Waals surface area (Å²) >= 11 is 0. The van der Waals surface area contributed by atoms with Gasteiger partial charge in [-0.25, -0.2) is 9.59 Å². The number of piperazine rings is 1. The molecule has 2 fully saturated rings. The Morgan fingerprint density at radius 3 is 2.48 bits per heavy atom. The summed E-state index contributed by atoms with van der Waals surface area (Å²) in [4.78, 5) is 28.8. The van der Waals surface area contributed by atoms with Crippen LogP contribution in [-0.4, -0.2) is 59.2 Å². The molecule has 2 saturated heterocycles. The zero-order valence-corrected chi connectivity index (χ0v) is 15.3. The molecule has 2 heterocycles. The van der Waals surface area contributed by atoms with Gasteiger partial charge in [-0.2, -0.15) is 0 Å². The molecule has 0 aliphatic carbocycles. The molecule has 2 bridgehead atoms. The van der Waals surface area contributed by atoms with Crippen molar-refractivity contribution in [2.75, 3.05) is 13.7 Å². The lowest BCUT2D eigenvalue weighted by Crippen LogP contribution is -2.75. The van der Waals surface area contributed by atoms with Gasteiger partial charge < -0.3 is 9.47 Å². The Labute approximate surface area is 148 Å². The first-order chi connectivity index (χ1) is 11.8.